The van der Waals surface area contributed by atoms with Gasteiger partial charge in [-0.15, -0.1) is 11.3 Å². The number of halogens is 2. The first kappa shape index (κ1) is 20.9. The highest BCUT2D eigenvalue weighted by molar-refractivity contribution is 7.07. The third-order valence-electron chi connectivity index (χ3n) is 4.32. The normalized spacial score (nSPS) is 13.9. The van der Waals surface area contributed by atoms with Crippen LogP contribution in [-0.2, 0) is 4.74 Å². The predicted octanol–water partition coefficient (Wildman–Crippen LogP) is 4.72. The van der Waals surface area contributed by atoms with Crippen molar-refractivity contribution in [2.45, 2.75) is 0 Å². The topological polar surface area (TPSA) is 57.3 Å². The van der Waals surface area contributed by atoms with E-state index in [9.17, 15) is 0 Å². The van der Waals surface area contributed by atoms with Crippen molar-refractivity contribution in [2.75, 3.05) is 33.5 Å². The van der Waals surface area contributed by atoms with Crippen LogP contribution in [0.2, 0.25) is 10.0 Å². The van der Waals surface area contributed by atoms with Crippen molar-refractivity contribution in [1.82, 2.24) is 4.68 Å². The first-order chi connectivity index (χ1) is 14.7. The molecule has 0 atom stereocenters. The molecule has 2 aromatic carbocycles. The fourth-order valence-corrected chi connectivity index (χ4v) is 4.26. The Labute approximate surface area is 188 Å². The van der Waals surface area contributed by atoms with Crippen LogP contribution in [0.1, 0.15) is 5.56 Å². The van der Waals surface area contributed by atoms with Gasteiger partial charge in [0.2, 0.25) is 4.80 Å². The Morgan fingerprint density at radius 1 is 1.13 bits per heavy atom. The Kier molecular flexibility index (Phi) is 6.74. The lowest BCUT2D eigenvalue weighted by atomic mass is 10.2. The lowest BCUT2D eigenvalue weighted by molar-refractivity contribution is 0.171. The zero-order valence-electron chi connectivity index (χ0n) is 16.2. The zero-order valence-corrected chi connectivity index (χ0v) is 18.5. The van der Waals surface area contributed by atoms with Crippen LogP contribution in [0.4, 0.5) is 0 Å². The highest BCUT2D eigenvalue weighted by Crippen LogP contribution is 2.32. The summed E-state index contributed by atoms with van der Waals surface area (Å²) < 4.78 is 18.1. The van der Waals surface area contributed by atoms with E-state index < -0.39 is 0 Å². The minimum atomic E-state index is 0.529. The van der Waals surface area contributed by atoms with Gasteiger partial charge in [0.05, 0.1) is 30.1 Å². The van der Waals surface area contributed by atoms with E-state index >= 15 is 0 Å². The quantitative estimate of drug-likeness (QED) is 0.392. The van der Waals surface area contributed by atoms with E-state index in [-0.39, 0.29) is 0 Å². The van der Waals surface area contributed by atoms with Gasteiger partial charge in [-0.1, -0.05) is 23.2 Å². The third kappa shape index (κ3) is 4.70. The van der Waals surface area contributed by atoms with Crippen LogP contribution in [0.3, 0.4) is 0 Å². The number of nitrogens with zero attached hydrogens (tertiary/aromatic N) is 3. The Hall–Kier alpha value is -2.32. The second-order valence-electron chi connectivity index (χ2n) is 6.36. The van der Waals surface area contributed by atoms with E-state index in [1.807, 2.05) is 29.6 Å². The molecule has 6 nitrogen and oxygen atoms in total. The van der Waals surface area contributed by atoms with Gasteiger partial charge in [-0.05, 0) is 42.0 Å². The summed E-state index contributed by atoms with van der Waals surface area (Å²) in [6.45, 7) is 2.16. The van der Waals surface area contributed by atoms with Gasteiger partial charge in [-0.2, -0.15) is 5.10 Å². The molecule has 3 aromatic rings. The highest BCUT2D eigenvalue weighted by Gasteiger charge is 2.13. The summed E-state index contributed by atoms with van der Waals surface area (Å²) in [5, 5.41) is 7.78. The number of hydrogen-bond acceptors (Lipinski definition) is 6. The number of hydrogen-bond donors (Lipinski definition) is 0. The number of fused-ring (bicyclic) bond motifs is 1. The van der Waals surface area contributed by atoms with Crippen LogP contribution < -0.4 is 14.3 Å². The fourth-order valence-electron chi connectivity index (χ4n) is 2.90. The third-order valence-corrected chi connectivity index (χ3v) is 5.73. The summed E-state index contributed by atoms with van der Waals surface area (Å²) in [6.07, 6.45) is 1.76. The predicted molar refractivity (Wildman–Crippen MR) is 120 cm³/mol. The van der Waals surface area contributed by atoms with Crippen molar-refractivity contribution in [1.29, 1.82) is 0 Å². The van der Waals surface area contributed by atoms with Crippen molar-refractivity contribution in [2.24, 2.45) is 10.1 Å². The van der Waals surface area contributed by atoms with Gasteiger partial charge in [0.1, 0.15) is 13.2 Å². The number of ether oxygens (including phenoxy) is 3. The van der Waals surface area contributed by atoms with Crippen LogP contribution in [0.5, 0.6) is 11.5 Å². The van der Waals surface area contributed by atoms with Crippen molar-refractivity contribution >= 4 is 40.8 Å². The van der Waals surface area contributed by atoms with Crippen molar-refractivity contribution in [3.8, 4) is 22.8 Å². The Bertz CT molecular complexity index is 1140. The molecule has 0 unspecified atom stereocenters. The van der Waals surface area contributed by atoms with Crippen molar-refractivity contribution in [3.63, 3.8) is 0 Å². The molecule has 0 spiro atoms. The van der Waals surface area contributed by atoms with Crippen LogP contribution >= 0.6 is 34.5 Å². The molecule has 4 rings (SSSR count). The Morgan fingerprint density at radius 3 is 2.77 bits per heavy atom. The molecular formula is C21H19Cl2N3O3S. The summed E-state index contributed by atoms with van der Waals surface area (Å²) in [5.74, 6) is 1.46. The van der Waals surface area contributed by atoms with Crippen molar-refractivity contribution < 1.29 is 14.2 Å². The number of thiazole rings is 1. The van der Waals surface area contributed by atoms with Crippen LogP contribution in [0.15, 0.2) is 51.9 Å². The number of benzene rings is 2. The molecule has 1 aromatic heterocycles. The molecule has 30 heavy (non-hydrogen) atoms. The fraction of sp³-hybridized carbons (Fsp3) is 0.238. The molecule has 9 heteroatoms. The average Bonchev–Trinajstić information content (AvgIpc) is 3.14. The van der Waals surface area contributed by atoms with Crippen LogP contribution in [-0.4, -0.2) is 44.4 Å². The molecular weight excluding hydrogens is 445 g/mol. The molecule has 0 amide bonds. The summed E-state index contributed by atoms with van der Waals surface area (Å²) in [5.41, 5.74) is 2.53. The maximum Gasteiger partial charge on any atom is 0.206 e. The van der Waals surface area contributed by atoms with E-state index in [1.54, 1.807) is 30.1 Å². The van der Waals surface area contributed by atoms with Gasteiger partial charge in [-0.25, -0.2) is 4.68 Å². The van der Waals surface area contributed by atoms with E-state index in [1.165, 1.54) is 11.3 Å². The first-order valence-corrected chi connectivity index (χ1v) is 10.9. The molecule has 1 aliphatic rings. The SMILES string of the molecule is COCCN=c1scc(-c2ccc(Cl)cc2Cl)n1/N=C\c1ccc2c(c1)OCCO2. The number of methoxy groups -OCH3 is 1. The molecule has 0 aliphatic carbocycles. The van der Waals surface area contributed by atoms with E-state index in [0.29, 0.717) is 42.2 Å². The largest absolute Gasteiger partial charge is 0.486 e. The second kappa shape index (κ2) is 9.66. The first-order valence-electron chi connectivity index (χ1n) is 9.25. The van der Waals surface area contributed by atoms with Gasteiger partial charge in [0.25, 0.3) is 0 Å². The number of aromatic nitrogens is 1. The standard InChI is InChI=1S/C21H19Cl2N3O3S/c1-27-7-6-24-21-26(18(13-30-21)16-4-3-15(22)11-17(16)23)25-12-14-2-5-19-20(10-14)29-9-8-28-19/h2-5,10-13H,6-9H2,1H3/b24-21?,25-12-. The van der Waals surface area contributed by atoms with Gasteiger partial charge in [0.15, 0.2) is 11.5 Å². The maximum atomic E-state index is 6.44. The molecule has 0 N–H and O–H groups in total. The molecule has 0 radical (unpaired) electrons. The number of rotatable bonds is 6. The lowest BCUT2D eigenvalue weighted by Gasteiger charge is -2.18. The van der Waals surface area contributed by atoms with Gasteiger partial charge in [0, 0.05) is 23.1 Å². The molecule has 0 saturated heterocycles. The van der Waals surface area contributed by atoms with Gasteiger partial charge in [-0.3, -0.25) is 4.99 Å². The Morgan fingerprint density at radius 2 is 1.97 bits per heavy atom. The summed E-state index contributed by atoms with van der Waals surface area (Å²) in [4.78, 5) is 5.34. The van der Waals surface area contributed by atoms with E-state index in [2.05, 4.69) is 10.1 Å². The van der Waals surface area contributed by atoms with Crippen LogP contribution in [0, 0.1) is 0 Å². The summed E-state index contributed by atoms with van der Waals surface area (Å²) in [7, 11) is 1.65. The zero-order chi connectivity index (χ0) is 20.9. The maximum absolute atomic E-state index is 6.44. The van der Waals surface area contributed by atoms with E-state index in [4.69, 9.17) is 37.4 Å². The minimum absolute atomic E-state index is 0.529. The monoisotopic (exact) mass is 463 g/mol. The molecule has 0 bridgehead atoms. The lowest BCUT2D eigenvalue weighted by Crippen LogP contribution is -2.15. The molecule has 0 fully saturated rings. The Balaban J connectivity index is 1.73. The second-order valence-corrected chi connectivity index (χ2v) is 8.04. The molecule has 156 valence electrons. The summed E-state index contributed by atoms with van der Waals surface area (Å²) in [6, 6.07) is 11.1. The minimum Gasteiger partial charge on any atom is -0.486 e. The van der Waals surface area contributed by atoms with Crippen LogP contribution in [0.25, 0.3) is 11.3 Å². The molecule has 0 saturated carbocycles. The summed E-state index contributed by atoms with van der Waals surface area (Å²) >= 11 is 14.0. The average molecular weight is 464 g/mol. The molecule has 2 heterocycles. The van der Waals surface area contributed by atoms with Gasteiger partial charge < -0.3 is 14.2 Å². The highest BCUT2D eigenvalue weighted by atomic mass is 35.5. The molecule has 1 aliphatic heterocycles. The smallest absolute Gasteiger partial charge is 0.206 e. The van der Waals surface area contributed by atoms with Crippen molar-refractivity contribution in [3.05, 3.63) is 62.2 Å². The van der Waals surface area contributed by atoms with Gasteiger partial charge >= 0.3 is 0 Å². The van der Waals surface area contributed by atoms with E-state index in [0.717, 1.165) is 27.4 Å².